The van der Waals surface area contributed by atoms with Gasteiger partial charge in [-0.2, -0.15) is 0 Å². The number of benzene rings is 2. The minimum absolute atomic E-state index is 0.332. The monoisotopic (exact) mass is 506 g/mol. The zero-order chi connectivity index (χ0) is 24.0. The van der Waals surface area contributed by atoms with Crippen LogP contribution in [0, 0.1) is 5.92 Å². The van der Waals surface area contributed by atoms with Gasteiger partial charge in [0.15, 0.2) is 4.34 Å². The number of hydrogen-bond acceptors (Lipinski definition) is 8. The number of nitrogens with one attached hydrogen (secondary N) is 1. The normalized spacial score (nSPS) is 12.4. The molecule has 0 bridgehead atoms. The van der Waals surface area contributed by atoms with Crippen LogP contribution < -0.4 is 14.4 Å². The van der Waals surface area contributed by atoms with Gasteiger partial charge in [0.2, 0.25) is 21.1 Å². The molecule has 1 aromatic heterocycles. The molecular weight excluding hydrogens is 480 g/mol. The molecule has 0 aliphatic carbocycles. The Kier molecular flexibility index (Phi) is 8.33. The molecule has 0 aliphatic rings. The molecular formula is C22H26N4O4S3. The fourth-order valence-corrected chi connectivity index (χ4v) is 5.77. The number of nitrogens with zero attached hydrogens (tertiary/aromatic N) is 3. The van der Waals surface area contributed by atoms with Gasteiger partial charge in [0.05, 0.1) is 11.9 Å². The molecule has 0 saturated carbocycles. The highest BCUT2D eigenvalue weighted by atomic mass is 32.2. The van der Waals surface area contributed by atoms with Crippen LogP contribution in [0.25, 0.3) is 0 Å². The first-order chi connectivity index (χ1) is 15.6. The van der Waals surface area contributed by atoms with Crippen molar-refractivity contribution in [2.75, 3.05) is 21.6 Å². The number of amides is 1. The highest BCUT2D eigenvalue weighted by Gasteiger charge is 2.29. The second kappa shape index (κ2) is 11.0. The molecule has 1 N–H and O–H groups in total. The summed E-state index contributed by atoms with van der Waals surface area (Å²) in [4.78, 5) is 12.8. The maximum atomic E-state index is 12.8. The third kappa shape index (κ3) is 7.18. The van der Waals surface area contributed by atoms with Crippen molar-refractivity contribution in [1.29, 1.82) is 0 Å². The molecule has 2 aromatic carbocycles. The predicted molar refractivity (Wildman–Crippen MR) is 134 cm³/mol. The zero-order valence-corrected chi connectivity index (χ0v) is 21.2. The lowest BCUT2D eigenvalue weighted by atomic mass is 10.2. The minimum Gasteiger partial charge on any atom is -0.457 e. The number of hydrogen-bond donors (Lipinski definition) is 1. The first-order valence-corrected chi connectivity index (χ1v) is 13.9. The maximum Gasteiger partial charge on any atom is 0.249 e. The Morgan fingerprint density at radius 2 is 1.70 bits per heavy atom. The van der Waals surface area contributed by atoms with Crippen molar-refractivity contribution in [2.24, 2.45) is 5.92 Å². The van der Waals surface area contributed by atoms with E-state index in [-0.39, 0.29) is 0 Å². The fourth-order valence-electron chi connectivity index (χ4n) is 2.86. The van der Waals surface area contributed by atoms with Crippen LogP contribution in [0.15, 0.2) is 58.9 Å². The Hall–Kier alpha value is -2.63. The Morgan fingerprint density at radius 3 is 2.30 bits per heavy atom. The summed E-state index contributed by atoms with van der Waals surface area (Å²) in [5.74, 6) is 2.12. The Balaban J connectivity index is 1.72. The summed E-state index contributed by atoms with van der Waals surface area (Å²) in [5.41, 5.74) is 0.353. The molecule has 33 heavy (non-hydrogen) atoms. The molecule has 0 fully saturated rings. The van der Waals surface area contributed by atoms with Crippen LogP contribution in [-0.4, -0.2) is 42.6 Å². The number of anilines is 2. The van der Waals surface area contributed by atoms with Crippen LogP contribution in [0.4, 0.5) is 10.8 Å². The van der Waals surface area contributed by atoms with E-state index >= 15 is 0 Å². The van der Waals surface area contributed by atoms with Crippen LogP contribution in [0.1, 0.15) is 20.8 Å². The topological polar surface area (TPSA) is 101 Å². The summed E-state index contributed by atoms with van der Waals surface area (Å²) in [7, 11) is -3.74. The predicted octanol–water partition coefficient (Wildman–Crippen LogP) is 4.87. The van der Waals surface area contributed by atoms with Gasteiger partial charge in [-0.15, -0.1) is 10.2 Å². The summed E-state index contributed by atoms with van der Waals surface area (Å²) in [5, 5.41) is 11.1. The van der Waals surface area contributed by atoms with Crippen molar-refractivity contribution in [3.05, 3.63) is 54.6 Å². The van der Waals surface area contributed by atoms with Crippen molar-refractivity contribution in [3.63, 3.8) is 0 Å². The van der Waals surface area contributed by atoms with E-state index in [1.165, 1.54) is 18.3 Å². The molecule has 8 nitrogen and oxygen atoms in total. The van der Waals surface area contributed by atoms with Crippen molar-refractivity contribution >= 4 is 49.8 Å². The van der Waals surface area contributed by atoms with Gasteiger partial charge in [-0.05, 0) is 49.2 Å². The van der Waals surface area contributed by atoms with Crippen LogP contribution in [0.5, 0.6) is 11.5 Å². The largest absolute Gasteiger partial charge is 0.457 e. The average Bonchev–Trinajstić information content (AvgIpc) is 3.20. The van der Waals surface area contributed by atoms with E-state index in [0.717, 1.165) is 20.7 Å². The second-order valence-corrected chi connectivity index (χ2v) is 11.8. The summed E-state index contributed by atoms with van der Waals surface area (Å²) in [6.07, 6.45) is 1.07. The first kappa shape index (κ1) is 25.0. The van der Waals surface area contributed by atoms with Crippen LogP contribution in [-0.2, 0) is 14.8 Å². The highest BCUT2D eigenvalue weighted by Crippen LogP contribution is 2.29. The minimum atomic E-state index is -3.74. The zero-order valence-electron chi connectivity index (χ0n) is 18.8. The lowest BCUT2D eigenvalue weighted by Gasteiger charge is -2.28. The van der Waals surface area contributed by atoms with Gasteiger partial charge in [0.25, 0.3) is 0 Å². The molecule has 1 unspecified atom stereocenters. The molecule has 3 rings (SSSR count). The molecule has 0 radical (unpaired) electrons. The third-order valence-electron chi connectivity index (χ3n) is 4.34. The summed E-state index contributed by atoms with van der Waals surface area (Å²) in [6.45, 7) is 5.75. The fraction of sp³-hybridized carbons (Fsp3) is 0.318. The van der Waals surface area contributed by atoms with Gasteiger partial charge < -0.3 is 4.74 Å². The van der Waals surface area contributed by atoms with E-state index in [2.05, 4.69) is 29.4 Å². The quantitative estimate of drug-likeness (QED) is 0.309. The SMILES string of the molecule is CC(C)CSc1nnc(NC(=O)C(C)N(c2ccc(Oc3ccccc3)cc2)S(C)(=O)=O)s1. The number of carbonyl (C=O) groups excluding carboxylic acids is 1. The molecule has 1 heterocycles. The molecule has 1 amide bonds. The second-order valence-electron chi connectivity index (χ2n) is 7.71. The van der Waals surface area contributed by atoms with E-state index in [4.69, 9.17) is 4.74 Å². The lowest BCUT2D eigenvalue weighted by molar-refractivity contribution is -0.116. The standard InChI is InChI=1S/C22H26N4O4S3/c1-15(2)14-31-22-25-24-21(32-22)23-20(27)16(3)26(33(4,28)29)17-10-12-19(13-11-17)30-18-8-6-5-7-9-18/h5-13,15-16H,14H2,1-4H3,(H,23,24,27). The average molecular weight is 507 g/mol. The lowest BCUT2D eigenvalue weighted by Crippen LogP contribution is -2.45. The molecule has 11 heteroatoms. The van der Waals surface area contributed by atoms with Gasteiger partial charge in [-0.3, -0.25) is 14.4 Å². The highest BCUT2D eigenvalue weighted by molar-refractivity contribution is 8.01. The summed E-state index contributed by atoms with van der Waals surface area (Å²) < 4.78 is 32.7. The number of aromatic nitrogens is 2. The van der Waals surface area contributed by atoms with Crippen LogP contribution in [0.2, 0.25) is 0 Å². The third-order valence-corrected chi connectivity index (χ3v) is 7.98. The van der Waals surface area contributed by atoms with Gasteiger partial charge in [-0.25, -0.2) is 8.42 Å². The first-order valence-electron chi connectivity index (χ1n) is 10.2. The smallest absolute Gasteiger partial charge is 0.249 e. The van der Waals surface area contributed by atoms with Crippen molar-refractivity contribution < 1.29 is 17.9 Å². The van der Waals surface area contributed by atoms with Gasteiger partial charge in [0.1, 0.15) is 17.5 Å². The number of carbonyl (C=O) groups is 1. The number of rotatable bonds is 10. The number of para-hydroxylation sites is 1. The summed E-state index contributed by atoms with van der Waals surface area (Å²) in [6, 6.07) is 14.8. The summed E-state index contributed by atoms with van der Waals surface area (Å²) >= 11 is 2.83. The van der Waals surface area contributed by atoms with Gasteiger partial charge in [0, 0.05) is 5.75 Å². The van der Waals surface area contributed by atoms with Crippen molar-refractivity contribution in [3.8, 4) is 11.5 Å². The maximum absolute atomic E-state index is 12.8. The molecule has 0 aliphatic heterocycles. The Labute approximate surface area is 202 Å². The van der Waals surface area contributed by atoms with Crippen molar-refractivity contribution in [2.45, 2.75) is 31.2 Å². The van der Waals surface area contributed by atoms with Gasteiger partial charge in [-0.1, -0.05) is 55.1 Å². The molecule has 0 spiro atoms. The van der Waals surface area contributed by atoms with Crippen LogP contribution >= 0.6 is 23.1 Å². The molecule has 0 saturated heterocycles. The van der Waals surface area contributed by atoms with E-state index in [1.54, 1.807) is 36.0 Å². The number of ether oxygens (including phenoxy) is 1. The van der Waals surface area contributed by atoms with E-state index < -0.39 is 22.0 Å². The number of thioether (sulfide) groups is 1. The Morgan fingerprint density at radius 1 is 1.06 bits per heavy atom. The Bertz CT molecular complexity index is 1170. The molecule has 3 aromatic rings. The molecule has 1 atom stereocenters. The van der Waals surface area contributed by atoms with Crippen molar-refractivity contribution in [1.82, 2.24) is 10.2 Å². The number of sulfonamides is 1. The van der Waals surface area contributed by atoms with E-state index in [0.29, 0.717) is 28.2 Å². The van der Waals surface area contributed by atoms with E-state index in [9.17, 15) is 13.2 Å². The van der Waals surface area contributed by atoms with E-state index in [1.807, 2.05) is 30.3 Å². The van der Waals surface area contributed by atoms with Gasteiger partial charge >= 0.3 is 0 Å². The van der Waals surface area contributed by atoms with Crippen LogP contribution in [0.3, 0.4) is 0 Å². The molecule has 176 valence electrons.